The first-order valence-corrected chi connectivity index (χ1v) is 5.44. The van der Waals surface area contributed by atoms with Gasteiger partial charge in [0.2, 0.25) is 0 Å². The van der Waals surface area contributed by atoms with Crippen LogP contribution in [0.5, 0.6) is 0 Å². The molecule has 1 saturated heterocycles. The predicted octanol–water partition coefficient (Wildman–Crippen LogP) is 2.33. The minimum Gasteiger partial charge on any atom is -0.378 e. The van der Waals surface area contributed by atoms with Gasteiger partial charge in [-0.05, 0) is 53.0 Å². The third kappa shape index (κ3) is 4.10. The number of hydrogen-bond acceptors (Lipinski definition) is 2. The van der Waals surface area contributed by atoms with Crippen molar-refractivity contribution in [3.8, 4) is 0 Å². The fraction of sp³-hybridized carbons (Fsp3) is 1.00. The first-order chi connectivity index (χ1) is 6.14. The zero-order valence-corrected chi connectivity index (χ0v) is 9.23. The summed E-state index contributed by atoms with van der Waals surface area (Å²) in [5, 5.41) is 3.33. The van der Waals surface area contributed by atoms with Gasteiger partial charge in [-0.25, -0.2) is 0 Å². The third-order valence-corrected chi connectivity index (χ3v) is 3.04. The van der Waals surface area contributed by atoms with E-state index >= 15 is 0 Å². The topological polar surface area (TPSA) is 21.3 Å². The van der Waals surface area contributed by atoms with Gasteiger partial charge in [0.25, 0.3) is 0 Å². The van der Waals surface area contributed by atoms with E-state index in [1.54, 1.807) is 0 Å². The van der Waals surface area contributed by atoms with Crippen molar-refractivity contribution in [2.45, 2.75) is 57.6 Å². The summed E-state index contributed by atoms with van der Waals surface area (Å²) >= 11 is 0. The van der Waals surface area contributed by atoms with Gasteiger partial charge in [0, 0.05) is 12.1 Å². The van der Waals surface area contributed by atoms with E-state index < -0.39 is 0 Å². The van der Waals surface area contributed by atoms with Gasteiger partial charge in [0.1, 0.15) is 0 Å². The fourth-order valence-corrected chi connectivity index (χ4v) is 1.68. The van der Waals surface area contributed by atoms with E-state index in [2.05, 4.69) is 19.2 Å². The van der Waals surface area contributed by atoms with Crippen LogP contribution < -0.4 is 5.32 Å². The number of rotatable bonds is 4. The SMILES string of the molecule is CNC(C)(C)CCC1CCCCO1. The van der Waals surface area contributed by atoms with Crippen molar-refractivity contribution in [1.82, 2.24) is 5.32 Å². The summed E-state index contributed by atoms with van der Waals surface area (Å²) < 4.78 is 5.69. The molecule has 0 spiro atoms. The quantitative estimate of drug-likeness (QED) is 0.726. The van der Waals surface area contributed by atoms with Gasteiger partial charge in [-0.2, -0.15) is 0 Å². The van der Waals surface area contributed by atoms with Crippen molar-refractivity contribution in [2.24, 2.45) is 0 Å². The van der Waals surface area contributed by atoms with Gasteiger partial charge in [0.15, 0.2) is 0 Å². The second kappa shape index (κ2) is 4.97. The van der Waals surface area contributed by atoms with Gasteiger partial charge in [-0.15, -0.1) is 0 Å². The molecule has 1 aliphatic heterocycles. The number of nitrogens with one attached hydrogen (secondary N) is 1. The van der Waals surface area contributed by atoms with E-state index in [-0.39, 0.29) is 5.54 Å². The van der Waals surface area contributed by atoms with Crippen molar-refractivity contribution in [1.29, 1.82) is 0 Å². The van der Waals surface area contributed by atoms with E-state index in [0.29, 0.717) is 6.10 Å². The van der Waals surface area contributed by atoms with Gasteiger partial charge in [-0.3, -0.25) is 0 Å². The van der Waals surface area contributed by atoms with Gasteiger partial charge >= 0.3 is 0 Å². The van der Waals surface area contributed by atoms with Crippen molar-refractivity contribution >= 4 is 0 Å². The van der Waals surface area contributed by atoms with Crippen molar-refractivity contribution in [2.75, 3.05) is 13.7 Å². The monoisotopic (exact) mass is 185 g/mol. The molecule has 0 saturated carbocycles. The molecule has 0 radical (unpaired) electrons. The lowest BCUT2D eigenvalue weighted by Crippen LogP contribution is -2.37. The van der Waals surface area contributed by atoms with E-state index in [1.807, 2.05) is 7.05 Å². The summed E-state index contributed by atoms with van der Waals surface area (Å²) in [5.74, 6) is 0. The van der Waals surface area contributed by atoms with Crippen LogP contribution in [0.4, 0.5) is 0 Å². The van der Waals surface area contributed by atoms with Crippen molar-refractivity contribution in [3.63, 3.8) is 0 Å². The van der Waals surface area contributed by atoms with E-state index in [1.165, 1.54) is 32.1 Å². The molecule has 0 aromatic carbocycles. The molecule has 1 N–H and O–H groups in total. The van der Waals surface area contributed by atoms with Crippen LogP contribution >= 0.6 is 0 Å². The Bertz CT molecular complexity index is 139. The summed E-state index contributed by atoms with van der Waals surface area (Å²) in [6.45, 7) is 5.47. The Kier molecular flexibility index (Phi) is 4.20. The standard InChI is InChI=1S/C11H23NO/c1-11(2,12-3)8-7-10-6-4-5-9-13-10/h10,12H,4-9H2,1-3H3. The molecule has 1 unspecified atom stereocenters. The molecule has 0 amide bonds. The first kappa shape index (κ1) is 11.0. The lowest BCUT2D eigenvalue weighted by molar-refractivity contribution is 0.00661. The summed E-state index contributed by atoms with van der Waals surface area (Å²) in [6, 6.07) is 0. The smallest absolute Gasteiger partial charge is 0.0575 e. The zero-order chi connectivity index (χ0) is 9.73. The van der Waals surface area contributed by atoms with Crippen LogP contribution in [0.25, 0.3) is 0 Å². The highest BCUT2D eigenvalue weighted by Crippen LogP contribution is 2.20. The lowest BCUT2D eigenvalue weighted by Gasteiger charge is -2.28. The largest absolute Gasteiger partial charge is 0.378 e. The van der Waals surface area contributed by atoms with Crippen LogP contribution in [0.15, 0.2) is 0 Å². The third-order valence-electron chi connectivity index (χ3n) is 3.04. The maximum absolute atomic E-state index is 5.69. The molecule has 13 heavy (non-hydrogen) atoms. The van der Waals surface area contributed by atoms with Crippen LogP contribution in [0.3, 0.4) is 0 Å². The van der Waals surface area contributed by atoms with Crippen molar-refractivity contribution in [3.05, 3.63) is 0 Å². The van der Waals surface area contributed by atoms with E-state index in [0.717, 1.165) is 6.61 Å². The molecular weight excluding hydrogens is 162 g/mol. The van der Waals surface area contributed by atoms with Crippen LogP contribution in [0.2, 0.25) is 0 Å². The minimum atomic E-state index is 0.265. The minimum absolute atomic E-state index is 0.265. The fourth-order valence-electron chi connectivity index (χ4n) is 1.68. The van der Waals surface area contributed by atoms with Crippen molar-refractivity contribution < 1.29 is 4.74 Å². The number of ether oxygens (including phenoxy) is 1. The van der Waals surface area contributed by atoms with Gasteiger partial charge in [0.05, 0.1) is 6.10 Å². The molecule has 0 aromatic heterocycles. The average Bonchev–Trinajstić information content (AvgIpc) is 2.17. The van der Waals surface area contributed by atoms with Crippen LogP contribution in [0.1, 0.15) is 46.0 Å². The molecule has 1 atom stereocenters. The Balaban J connectivity index is 2.17. The molecule has 0 bridgehead atoms. The molecule has 0 aromatic rings. The lowest BCUT2D eigenvalue weighted by atomic mass is 9.94. The summed E-state index contributed by atoms with van der Waals surface area (Å²) in [7, 11) is 2.03. The maximum atomic E-state index is 5.69. The molecular formula is C11H23NO. The predicted molar refractivity (Wildman–Crippen MR) is 56.0 cm³/mol. The second-order valence-electron chi connectivity index (χ2n) is 4.66. The molecule has 1 fully saturated rings. The Labute approximate surface area is 82.0 Å². The molecule has 1 rings (SSSR count). The highest BCUT2D eigenvalue weighted by Gasteiger charge is 2.19. The van der Waals surface area contributed by atoms with Crippen LogP contribution in [0, 0.1) is 0 Å². The maximum Gasteiger partial charge on any atom is 0.0575 e. The summed E-state index contributed by atoms with van der Waals surface area (Å²) in [4.78, 5) is 0. The zero-order valence-electron chi connectivity index (χ0n) is 9.23. The molecule has 1 aliphatic rings. The van der Waals surface area contributed by atoms with Crippen LogP contribution in [-0.4, -0.2) is 25.3 Å². The normalized spacial score (nSPS) is 24.7. The molecule has 1 heterocycles. The summed E-state index contributed by atoms with van der Waals surface area (Å²) in [5.41, 5.74) is 0.265. The van der Waals surface area contributed by atoms with Gasteiger partial charge < -0.3 is 10.1 Å². The summed E-state index contributed by atoms with van der Waals surface area (Å²) in [6.07, 6.45) is 6.81. The number of hydrogen-bond donors (Lipinski definition) is 1. The second-order valence-corrected chi connectivity index (χ2v) is 4.66. The van der Waals surface area contributed by atoms with E-state index in [9.17, 15) is 0 Å². The highest BCUT2D eigenvalue weighted by molar-refractivity contribution is 4.77. The van der Waals surface area contributed by atoms with Gasteiger partial charge in [-0.1, -0.05) is 0 Å². The Morgan fingerprint density at radius 2 is 2.15 bits per heavy atom. The molecule has 2 nitrogen and oxygen atoms in total. The average molecular weight is 185 g/mol. The van der Waals surface area contributed by atoms with E-state index in [4.69, 9.17) is 4.74 Å². The van der Waals surface area contributed by atoms with Crippen LogP contribution in [-0.2, 0) is 4.74 Å². The Hall–Kier alpha value is -0.0800. The Morgan fingerprint density at radius 3 is 2.69 bits per heavy atom. The highest BCUT2D eigenvalue weighted by atomic mass is 16.5. The Morgan fingerprint density at radius 1 is 1.38 bits per heavy atom. The molecule has 2 heteroatoms. The molecule has 0 aliphatic carbocycles. The molecule has 78 valence electrons. The first-order valence-electron chi connectivity index (χ1n) is 5.44.